The Bertz CT molecular complexity index is 1070. The molecule has 2 amide bonds. The lowest BCUT2D eigenvalue weighted by Crippen LogP contribution is -2.57. The van der Waals surface area contributed by atoms with E-state index in [1.54, 1.807) is 37.3 Å². The van der Waals surface area contributed by atoms with E-state index in [-0.39, 0.29) is 23.3 Å². The van der Waals surface area contributed by atoms with Crippen molar-refractivity contribution in [1.29, 1.82) is 0 Å². The van der Waals surface area contributed by atoms with E-state index in [0.29, 0.717) is 16.2 Å². The predicted octanol–water partition coefficient (Wildman–Crippen LogP) is 3.41. The van der Waals surface area contributed by atoms with E-state index in [2.05, 4.69) is 0 Å². The molecule has 0 N–H and O–H groups in total. The molecule has 0 aromatic heterocycles. The highest BCUT2D eigenvalue weighted by Crippen LogP contribution is 2.64. The number of amides is 2. The molecular formula is C22H17ClN2O4. The highest BCUT2D eigenvalue weighted by Gasteiger charge is 2.74. The van der Waals surface area contributed by atoms with Crippen molar-refractivity contribution in [2.75, 3.05) is 6.54 Å². The number of carbonyl (C=O) groups is 2. The molecule has 1 saturated heterocycles. The van der Waals surface area contributed by atoms with E-state index in [1.807, 2.05) is 24.3 Å². The van der Waals surface area contributed by atoms with Crippen molar-refractivity contribution >= 4 is 23.4 Å². The van der Waals surface area contributed by atoms with Gasteiger partial charge in [0.2, 0.25) is 11.8 Å². The first-order valence-corrected chi connectivity index (χ1v) is 9.79. The van der Waals surface area contributed by atoms with Crippen LogP contribution in [0.1, 0.15) is 35.1 Å². The molecule has 0 spiro atoms. The fourth-order valence-corrected chi connectivity index (χ4v) is 5.57. The van der Waals surface area contributed by atoms with Crippen LogP contribution in [0.25, 0.3) is 0 Å². The number of hydrogen-bond donors (Lipinski definition) is 0. The van der Waals surface area contributed by atoms with E-state index < -0.39 is 23.3 Å². The minimum atomic E-state index is -1.77. The van der Waals surface area contributed by atoms with Crippen molar-refractivity contribution < 1.29 is 14.5 Å². The zero-order chi connectivity index (χ0) is 20.5. The van der Waals surface area contributed by atoms with E-state index in [4.69, 9.17) is 11.6 Å². The van der Waals surface area contributed by atoms with Crippen LogP contribution in [-0.2, 0) is 15.1 Å². The molecule has 1 fully saturated rings. The summed E-state index contributed by atoms with van der Waals surface area (Å²) < 4.78 is 0. The summed E-state index contributed by atoms with van der Waals surface area (Å²) in [7, 11) is 0. The number of benzene rings is 2. The van der Waals surface area contributed by atoms with E-state index in [9.17, 15) is 19.7 Å². The molecule has 4 aliphatic rings. The minimum Gasteiger partial charge on any atom is -0.278 e. The van der Waals surface area contributed by atoms with Crippen molar-refractivity contribution in [3.05, 3.63) is 92.0 Å². The van der Waals surface area contributed by atoms with Gasteiger partial charge in [-0.05, 0) is 18.1 Å². The highest BCUT2D eigenvalue weighted by atomic mass is 35.5. The normalized spacial score (nSPS) is 29.5. The van der Waals surface area contributed by atoms with Gasteiger partial charge in [-0.1, -0.05) is 66.2 Å². The molecule has 2 bridgehead atoms. The fourth-order valence-electron chi connectivity index (χ4n) is 5.50. The number of likely N-dealkylation sites (tertiary alicyclic amines) is 1. The maximum atomic E-state index is 13.4. The Hall–Kier alpha value is -2.99. The van der Waals surface area contributed by atoms with Crippen LogP contribution in [0.2, 0.25) is 0 Å². The van der Waals surface area contributed by atoms with Crippen molar-refractivity contribution in [2.24, 2.45) is 11.8 Å². The van der Waals surface area contributed by atoms with Crippen molar-refractivity contribution in [3.63, 3.8) is 0 Å². The lowest BCUT2D eigenvalue weighted by atomic mass is 9.51. The van der Waals surface area contributed by atoms with Crippen molar-refractivity contribution in [1.82, 2.24) is 4.90 Å². The van der Waals surface area contributed by atoms with Gasteiger partial charge in [-0.15, -0.1) is 0 Å². The standard InChI is InChI=1S/C22H17ClN2O4/c1-12(23)10-11-24-20(26)18-17-13-6-2-4-8-15(13)22(25(28)29,19(18)21(24)27)16-9-5-3-7-14(16)17/h2-10,17-19H,11H2,1H3. The molecule has 6 rings (SSSR count). The molecule has 2 aromatic carbocycles. The molecule has 2 aromatic rings. The molecular weight excluding hydrogens is 392 g/mol. The van der Waals surface area contributed by atoms with Crippen LogP contribution >= 0.6 is 11.6 Å². The largest absolute Gasteiger partial charge is 0.284 e. The second-order valence-corrected chi connectivity index (χ2v) is 8.35. The zero-order valence-electron chi connectivity index (χ0n) is 15.5. The molecule has 6 nitrogen and oxygen atoms in total. The lowest BCUT2D eigenvalue weighted by Gasteiger charge is -2.48. The van der Waals surface area contributed by atoms with Crippen LogP contribution in [0.5, 0.6) is 0 Å². The van der Waals surface area contributed by atoms with E-state index in [1.165, 1.54) is 0 Å². The van der Waals surface area contributed by atoms with Gasteiger partial charge in [-0.3, -0.25) is 24.6 Å². The Morgan fingerprint density at radius 1 is 1.10 bits per heavy atom. The second kappa shape index (κ2) is 6.00. The van der Waals surface area contributed by atoms with Crippen LogP contribution in [0.15, 0.2) is 59.6 Å². The predicted molar refractivity (Wildman–Crippen MR) is 106 cm³/mol. The first kappa shape index (κ1) is 18.1. The van der Waals surface area contributed by atoms with Gasteiger partial charge in [-0.25, -0.2) is 0 Å². The van der Waals surface area contributed by atoms with Crippen LogP contribution in [0.4, 0.5) is 0 Å². The number of carbonyl (C=O) groups excluding carboxylic acids is 2. The maximum absolute atomic E-state index is 13.4. The molecule has 2 atom stereocenters. The van der Waals surface area contributed by atoms with Gasteiger partial charge in [0.15, 0.2) is 0 Å². The number of halogens is 1. The van der Waals surface area contributed by atoms with Crippen LogP contribution < -0.4 is 0 Å². The number of imide groups is 1. The fraction of sp³-hybridized carbons (Fsp3) is 0.273. The van der Waals surface area contributed by atoms with Crippen LogP contribution in [0.3, 0.4) is 0 Å². The average Bonchev–Trinajstić information content (AvgIpc) is 2.97. The second-order valence-electron chi connectivity index (χ2n) is 7.76. The quantitative estimate of drug-likeness (QED) is 0.443. The SMILES string of the molecule is CC(Cl)=CCN1C(=O)C2C3c4ccccc4C([N+](=O)[O-])(c4ccccc43)C2C1=O. The molecule has 2 unspecified atom stereocenters. The summed E-state index contributed by atoms with van der Waals surface area (Å²) in [5, 5.41) is 13.2. The third-order valence-corrected chi connectivity index (χ3v) is 6.66. The van der Waals surface area contributed by atoms with E-state index >= 15 is 0 Å². The maximum Gasteiger partial charge on any atom is 0.284 e. The lowest BCUT2D eigenvalue weighted by molar-refractivity contribution is -0.578. The van der Waals surface area contributed by atoms with Gasteiger partial charge < -0.3 is 0 Å². The Labute approximate surface area is 171 Å². The molecule has 0 saturated carbocycles. The van der Waals surface area contributed by atoms with Crippen LogP contribution in [0, 0.1) is 22.0 Å². The number of nitro groups is 1. The Balaban J connectivity index is 1.82. The molecule has 1 aliphatic heterocycles. The molecule has 1 heterocycles. The first-order valence-electron chi connectivity index (χ1n) is 9.41. The Morgan fingerprint density at radius 2 is 1.66 bits per heavy atom. The molecule has 7 heteroatoms. The first-order chi connectivity index (χ1) is 13.9. The van der Waals surface area contributed by atoms with Gasteiger partial charge in [0.25, 0.3) is 5.54 Å². The average molecular weight is 409 g/mol. The smallest absolute Gasteiger partial charge is 0.278 e. The number of rotatable bonds is 3. The molecule has 3 aliphatic carbocycles. The summed E-state index contributed by atoms with van der Waals surface area (Å²) >= 11 is 5.90. The summed E-state index contributed by atoms with van der Waals surface area (Å²) in [6.45, 7) is 1.68. The number of hydrogen-bond acceptors (Lipinski definition) is 4. The minimum absolute atomic E-state index is 0.0210. The summed E-state index contributed by atoms with van der Waals surface area (Å²) in [6.07, 6.45) is 1.58. The molecule has 0 radical (unpaired) electrons. The number of allylic oxidation sites excluding steroid dienone is 1. The van der Waals surface area contributed by atoms with Gasteiger partial charge in [-0.2, -0.15) is 0 Å². The highest BCUT2D eigenvalue weighted by molar-refractivity contribution is 6.29. The van der Waals surface area contributed by atoms with Gasteiger partial charge in [0.05, 0.1) is 5.92 Å². The summed E-state index contributed by atoms with van der Waals surface area (Å²) in [6, 6.07) is 14.3. The third kappa shape index (κ3) is 2.07. The molecule has 146 valence electrons. The van der Waals surface area contributed by atoms with Crippen molar-refractivity contribution in [2.45, 2.75) is 18.4 Å². The topological polar surface area (TPSA) is 80.5 Å². The number of nitrogens with zero attached hydrogens (tertiary/aromatic N) is 2. The molecule has 29 heavy (non-hydrogen) atoms. The Kier molecular flexibility index (Phi) is 3.74. The summed E-state index contributed by atoms with van der Waals surface area (Å²) in [5.41, 5.74) is 0.782. The zero-order valence-corrected chi connectivity index (χ0v) is 16.3. The van der Waals surface area contributed by atoms with Gasteiger partial charge >= 0.3 is 0 Å². The van der Waals surface area contributed by atoms with Crippen molar-refractivity contribution in [3.8, 4) is 0 Å². The summed E-state index contributed by atoms with van der Waals surface area (Å²) in [5.74, 6) is -3.10. The van der Waals surface area contributed by atoms with Crippen LogP contribution in [-0.4, -0.2) is 28.2 Å². The van der Waals surface area contributed by atoms with Gasteiger partial charge in [0.1, 0.15) is 5.92 Å². The third-order valence-electron chi connectivity index (χ3n) is 6.51. The monoisotopic (exact) mass is 408 g/mol. The van der Waals surface area contributed by atoms with E-state index in [0.717, 1.165) is 16.0 Å². The Morgan fingerprint density at radius 3 is 2.17 bits per heavy atom. The summed E-state index contributed by atoms with van der Waals surface area (Å²) in [4.78, 5) is 40.2. The van der Waals surface area contributed by atoms with Gasteiger partial charge in [0, 0.05) is 33.5 Å².